The molecule has 1 aromatic heterocycles. The topological polar surface area (TPSA) is 63.8 Å². The summed E-state index contributed by atoms with van der Waals surface area (Å²) >= 11 is 1.30. The maximum atomic E-state index is 12.7. The number of hydrogen-bond acceptors (Lipinski definition) is 5. The van der Waals surface area contributed by atoms with Crippen LogP contribution in [0.2, 0.25) is 0 Å². The van der Waals surface area contributed by atoms with Crippen molar-refractivity contribution in [2.75, 3.05) is 17.3 Å². The lowest BCUT2D eigenvalue weighted by Gasteiger charge is -2.13. The van der Waals surface area contributed by atoms with E-state index in [0.717, 1.165) is 12.1 Å². The molecule has 0 aliphatic heterocycles. The van der Waals surface area contributed by atoms with Gasteiger partial charge in [-0.15, -0.1) is 0 Å². The van der Waals surface area contributed by atoms with Crippen LogP contribution in [0.4, 0.5) is 30.5 Å². The van der Waals surface area contributed by atoms with Gasteiger partial charge in [0.1, 0.15) is 11.6 Å². The molecule has 0 radical (unpaired) electrons. The lowest BCUT2D eigenvalue weighted by atomic mass is 10.1. The lowest BCUT2D eigenvalue weighted by Crippen LogP contribution is -2.07. The molecular formula is C13H13F3N4S. The fourth-order valence-corrected chi connectivity index (χ4v) is 2.06. The molecule has 0 aliphatic rings. The molecule has 0 spiro atoms. The van der Waals surface area contributed by atoms with E-state index in [1.165, 1.54) is 23.9 Å². The second-order valence-electron chi connectivity index (χ2n) is 4.32. The summed E-state index contributed by atoms with van der Waals surface area (Å²) < 4.78 is 38.2. The highest BCUT2D eigenvalue weighted by Crippen LogP contribution is 2.33. The van der Waals surface area contributed by atoms with Crippen LogP contribution in [-0.4, -0.2) is 16.2 Å². The van der Waals surface area contributed by atoms with Crippen molar-refractivity contribution in [2.45, 2.75) is 18.3 Å². The first-order valence-corrected chi connectivity index (χ1v) is 7.15. The Labute approximate surface area is 124 Å². The van der Waals surface area contributed by atoms with E-state index in [-0.39, 0.29) is 5.82 Å². The van der Waals surface area contributed by atoms with Gasteiger partial charge in [-0.05, 0) is 30.9 Å². The van der Waals surface area contributed by atoms with E-state index < -0.39 is 11.7 Å². The van der Waals surface area contributed by atoms with Crippen LogP contribution in [0.25, 0.3) is 0 Å². The third-order valence-corrected chi connectivity index (χ3v) is 3.28. The number of anilines is 3. The average Bonchev–Trinajstić information content (AvgIpc) is 2.39. The number of halogens is 3. The van der Waals surface area contributed by atoms with Crippen molar-refractivity contribution in [2.24, 2.45) is 0 Å². The number of rotatable bonds is 3. The minimum Gasteiger partial charge on any atom is -0.383 e. The molecule has 0 aliphatic carbocycles. The molecule has 2 rings (SSSR count). The fraction of sp³-hybridized carbons (Fsp3) is 0.231. The van der Waals surface area contributed by atoms with Gasteiger partial charge in [-0.2, -0.15) is 13.2 Å². The molecule has 0 saturated heterocycles. The predicted molar refractivity (Wildman–Crippen MR) is 77.7 cm³/mol. The maximum Gasteiger partial charge on any atom is 0.416 e. The number of nitrogens with zero attached hydrogens (tertiary/aromatic N) is 2. The Morgan fingerprint density at radius 3 is 2.52 bits per heavy atom. The number of alkyl halides is 3. The Morgan fingerprint density at radius 2 is 1.90 bits per heavy atom. The average molecular weight is 314 g/mol. The summed E-state index contributed by atoms with van der Waals surface area (Å²) in [6.45, 7) is 1.71. The third kappa shape index (κ3) is 3.78. The standard InChI is InChI=1S/C13H13F3N4S/c1-7-3-4-8(13(14,15)16)5-9(7)18-11-6-10(17)19-12(20-11)21-2/h3-6H,1-2H3,(H3,17,18,19,20). The number of benzene rings is 1. The minimum atomic E-state index is -4.39. The zero-order valence-electron chi connectivity index (χ0n) is 11.3. The van der Waals surface area contributed by atoms with Crippen LogP contribution in [0.15, 0.2) is 29.4 Å². The second kappa shape index (κ2) is 5.80. The molecule has 0 unspecified atom stereocenters. The van der Waals surface area contributed by atoms with Gasteiger partial charge in [-0.25, -0.2) is 9.97 Å². The lowest BCUT2D eigenvalue weighted by molar-refractivity contribution is -0.137. The molecule has 8 heteroatoms. The van der Waals surface area contributed by atoms with Crippen LogP contribution in [0.1, 0.15) is 11.1 Å². The van der Waals surface area contributed by atoms with E-state index in [4.69, 9.17) is 5.73 Å². The van der Waals surface area contributed by atoms with Crippen molar-refractivity contribution in [3.8, 4) is 0 Å². The molecule has 2 aromatic rings. The van der Waals surface area contributed by atoms with Crippen molar-refractivity contribution >= 4 is 29.1 Å². The molecule has 0 fully saturated rings. The van der Waals surface area contributed by atoms with Crippen LogP contribution in [0.3, 0.4) is 0 Å². The number of hydrogen-bond donors (Lipinski definition) is 2. The van der Waals surface area contributed by atoms with Gasteiger partial charge in [0.2, 0.25) is 0 Å². The normalized spacial score (nSPS) is 11.5. The van der Waals surface area contributed by atoms with E-state index >= 15 is 0 Å². The Hall–Kier alpha value is -1.96. The molecule has 4 nitrogen and oxygen atoms in total. The van der Waals surface area contributed by atoms with E-state index in [1.807, 2.05) is 0 Å². The van der Waals surface area contributed by atoms with Crippen LogP contribution >= 0.6 is 11.8 Å². The summed E-state index contributed by atoms with van der Waals surface area (Å²) in [7, 11) is 0. The summed E-state index contributed by atoms with van der Waals surface area (Å²) in [6, 6.07) is 4.97. The van der Waals surface area contributed by atoms with Gasteiger partial charge >= 0.3 is 6.18 Å². The van der Waals surface area contributed by atoms with Crippen LogP contribution < -0.4 is 11.1 Å². The summed E-state index contributed by atoms with van der Waals surface area (Å²) in [6.07, 6.45) is -2.60. The molecule has 0 bridgehead atoms. The number of nitrogen functional groups attached to an aromatic ring is 1. The van der Waals surface area contributed by atoms with Gasteiger partial charge in [-0.3, -0.25) is 0 Å². The van der Waals surface area contributed by atoms with E-state index in [2.05, 4.69) is 15.3 Å². The number of aryl methyl sites for hydroxylation is 1. The van der Waals surface area contributed by atoms with E-state index in [0.29, 0.717) is 22.2 Å². The summed E-state index contributed by atoms with van der Waals surface area (Å²) in [5, 5.41) is 3.30. The number of thioether (sulfide) groups is 1. The number of nitrogens with one attached hydrogen (secondary N) is 1. The van der Waals surface area contributed by atoms with Crippen molar-refractivity contribution in [3.05, 3.63) is 35.4 Å². The molecule has 0 amide bonds. The smallest absolute Gasteiger partial charge is 0.383 e. The number of nitrogens with two attached hydrogens (primary N) is 1. The second-order valence-corrected chi connectivity index (χ2v) is 5.09. The Balaban J connectivity index is 2.37. The summed E-state index contributed by atoms with van der Waals surface area (Å²) in [5.74, 6) is 0.607. The number of aromatic nitrogens is 2. The van der Waals surface area contributed by atoms with Gasteiger partial charge in [0.15, 0.2) is 5.16 Å². The quantitative estimate of drug-likeness (QED) is 0.665. The zero-order chi connectivity index (χ0) is 15.6. The Morgan fingerprint density at radius 1 is 1.19 bits per heavy atom. The van der Waals surface area contributed by atoms with Gasteiger partial charge in [0, 0.05) is 11.8 Å². The summed E-state index contributed by atoms with van der Waals surface area (Å²) in [5.41, 5.74) is 5.92. The van der Waals surface area contributed by atoms with Crippen LogP contribution in [0.5, 0.6) is 0 Å². The first kappa shape index (κ1) is 15.4. The molecule has 1 heterocycles. The molecule has 0 saturated carbocycles. The van der Waals surface area contributed by atoms with Crippen LogP contribution in [0, 0.1) is 6.92 Å². The SMILES string of the molecule is CSc1nc(N)cc(Nc2cc(C(F)(F)F)ccc2C)n1. The van der Waals surface area contributed by atoms with Gasteiger partial charge < -0.3 is 11.1 Å². The van der Waals surface area contributed by atoms with Crippen molar-refractivity contribution in [1.82, 2.24) is 9.97 Å². The van der Waals surface area contributed by atoms with Gasteiger partial charge in [0.05, 0.1) is 5.56 Å². The largest absolute Gasteiger partial charge is 0.416 e. The molecular weight excluding hydrogens is 301 g/mol. The van der Waals surface area contributed by atoms with Crippen molar-refractivity contribution in [3.63, 3.8) is 0 Å². The third-order valence-electron chi connectivity index (χ3n) is 2.74. The summed E-state index contributed by atoms with van der Waals surface area (Å²) in [4.78, 5) is 8.14. The molecule has 0 atom stereocenters. The molecule has 3 N–H and O–H groups in total. The molecule has 112 valence electrons. The minimum absolute atomic E-state index is 0.251. The fourth-order valence-electron chi connectivity index (χ4n) is 1.67. The highest BCUT2D eigenvalue weighted by Gasteiger charge is 2.30. The van der Waals surface area contributed by atoms with Crippen molar-refractivity contribution < 1.29 is 13.2 Å². The molecule has 21 heavy (non-hydrogen) atoms. The van der Waals surface area contributed by atoms with E-state index in [1.54, 1.807) is 13.2 Å². The predicted octanol–water partition coefficient (Wildman–Crippen LogP) is 3.85. The highest BCUT2D eigenvalue weighted by atomic mass is 32.2. The van der Waals surface area contributed by atoms with E-state index in [9.17, 15) is 13.2 Å². The van der Waals surface area contributed by atoms with Crippen molar-refractivity contribution in [1.29, 1.82) is 0 Å². The van der Waals surface area contributed by atoms with Gasteiger partial charge in [0.25, 0.3) is 0 Å². The monoisotopic (exact) mass is 314 g/mol. The first-order valence-electron chi connectivity index (χ1n) is 5.93. The Bertz CT molecular complexity index is 658. The molecule has 1 aromatic carbocycles. The highest BCUT2D eigenvalue weighted by molar-refractivity contribution is 7.98. The zero-order valence-corrected chi connectivity index (χ0v) is 12.1. The van der Waals surface area contributed by atoms with Crippen LogP contribution in [-0.2, 0) is 6.18 Å². The Kier molecular flexibility index (Phi) is 4.26. The maximum absolute atomic E-state index is 12.7. The van der Waals surface area contributed by atoms with Gasteiger partial charge in [-0.1, -0.05) is 17.8 Å². The first-order chi connectivity index (χ1) is 9.79.